The third-order valence-corrected chi connectivity index (χ3v) is 3.61. The van der Waals surface area contributed by atoms with Crippen molar-refractivity contribution in [1.82, 2.24) is 15.5 Å². The summed E-state index contributed by atoms with van der Waals surface area (Å²) in [7, 11) is 0. The number of hydrogen-bond acceptors (Lipinski definition) is 6. The smallest absolute Gasteiger partial charge is 0.247 e. The number of nitrogens with zero attached hydrogens (tertiary/aromatic N) is 3. The normalized spacial score (nSPS) is 17.6. The van der Waals surface area contributed by atoms with Crippen molar-refractivity contribution in [2.24, 2.45) is 0 Å². The number of phenolic OH excluding ortho intramolecular Hbond substituents is 1. The fourth-order valence-corrected chi connectivity index (χ4v) is 2.41. The fraction of sp³-hybridized carbons (Fsp3) is 0.357. The summed E-state index contributed by atoms with van der Waals surface area (Å²) in [6.07, 6.45) is 1.32. The molecule has 0 bridgehead atoms. The maximum absolute atomic E-state index is 9.48. The van der Waals surface area contributed by atoms with E-state index in [1.54, 1.807) is 24.3 Å². The molecular weight excluding hydrogens is 256 g/mol. The molecule has 20 heavy (non-hydrogen) atoms. The van der Waals surface area contributed by atoms with Crippen molar-refractivity contribution in [1.29, 1.82) is 5.26 Å². The molecule has 1 fully saturated rings. The van der Waals surface area contributed by atoms with Crippen LogP contribution in [0.3, 0.4) is 0 Å². The van der Waals surface area contributed by atoms with Gasteiger partial charge in [-0.05, 0) is 38.1 Å². The Balaban J connectivity index is 1.96. The summed E-state index contributed by atoms with van der Waals surface area (Å²) in [5.41, 5.74) is -0.0325. The minimum absolute atomic E-state index is 0.144. The maximum atomic E-state index is 9.48. The minimum Gasteiger partial charge on any atom is -0.508 e. The van der Waals surface area contributed by atoms with Gasteiger partial charge in [0.2, 0.25) is 11.7 Å². The molecule has 6 heteroatoms. The van der Waals surface area contributed by atoms with Crippen LogP contribution in [0, 0.1) is 11.3 Å². The minimum atomic E-state index is -0.701. The number of aromatic nitrogens is 2. The lowest BCUT2D eigenvalue weighted by Gasteiger charge is -2.27. The zero-order valence-electron chi connectivity index (χ0n) is 10.8. The third-order valence-electron chi connectivity index (χ3n) is 3.61. The van der Waals surface area contributed by atoms with Crippen LogP contribution in [0.25, 0.3) is 11.4 Å². The van der Waals surface area contributed by atoms with Crippen LogP contribution in [0.4, 0.5) is 0 Å². The Morgan fingerprint density at radius 2 is 2.15 bits per heavy atom. The van der Waals surface area contributed by atoms with Gasteiger partial charge in [0.25, 0.3) is 0 Å². The summed E-state index contributed by atoms with van der Waals surface area (Å²) in [5, 5.41) is 26.1. The maximum Gasteiger partial charge on any atom is 0.247 e. The Kier molecular flexibility index (Phi) is 3.12. The first-order valence-electron chi connectivity index (χ1n) is 6.49. The lowest BCUT2D eigenvalue weighted by Crippen LogP contribution is -2.39. The van der Waals surface area contributed by atoms with Gasteiger partial charge in [0.1, 0.15) is 11.2 Å². The van der Waals surface area contributed by atoms with Crippen molar-refractivity contribution in [3.05, 3.63) is 30.2 Å². The molecule has 0 radical (unpaired) electrons. The zero-order chi connectivity index (χ0) is 14.0. The predicted octanol–water partition coefficient (Wildman–Crippen LogP) is 1.59. The highest BCUT2D eigenvalue weighted by atomic mass is 16.5. The standard InChI is InChI=1S/C14H14N4O2/c15-9-14(4-6-16-7-5-14)13-17-12(18-20-13)10-2-1-3-11(19)8-10/h1-3,8,16,19H,4-7H2. The number of aromatic hydroxyl groups is 1. The second-order valence-electron chi connectivity index (χ2n) is 4.92. The van der Waals surface area contributed by atoms with E-state index in [-0.39, 0.29) is 5.75 Å². The van der Waals surface area contributed by atoms with Crippen LogP contribution in [0.15, 0.2) is 28.8 Å². The Hall–Kier alpha value is -2.39. The topological polar surface area (TPSA) is 95.0 Å². The van der Waals surface area contributed by atoms with Crippen LogP contribution in [0.1, 0.15) is 18.7 Å². The second kappa shape index (κ2) is 4.94. The molecule has 1 saturated heterocycles. The third kappa shape index (κ3) is 2.12. The van der Waals surface area contributed by atoms with Crippen LogP contribution < -0.4 is 5.32 Å². The highest BCUT2D eigenvalue weighted by molar-refractivity contribution is 5.56. The highest BCUT2D eigenvalue weighted by Crippen LogP contribution is 2.33. The number of nitriles is 1. The number of hydrogen-bond donors (Lipinski definition) is 2. The van der Waals surface area contributed by atoms with E-state index in [9.17, 15) is 10.4 Å². The van der Waals surface area contributed by atoms with Crippen LogP contribution in [-0.2, 0) is 5.41 Å². The summed E-state index contributed by atoms with van der Waals surface area (Å²) in [6, 6.07) is 8.97. The van der Waals surface area contributed by atoms with Gasteiger partial charge in [-0.2, -0.15) is 10.2 Å². The van der Waals surface area contributed by atoms with Crippen LogP contribution in [0.5, 0.6) is 5.75 Å². The molecular formula is C14H14N4O2. The lowest BCUT2D eigenvalue weighted by atomic mass is 9.80. The van der Waals surface area contributed by atoms with Crippen molar-refractivity contribution in [2.75, 3.05) is 13.1 Å². The van der Waals surface area contributed by atoms with Gasteiger partial charge in [-0.1, -0.05) is 17.3 Å². The summed E-state index contributed by atoms with van der Waals surface area (Å²) in [4.78, 5) is 4.35. The number of benzene rings is 1. The number of rotatable bonds is 2. The fourth-order valence-electron chi connectivity index (χ4n) is 2.41. The van der Waals surface area contributed by atoms with Gasteiger partial charge in [0.05, 0.1) is 6.07 Å². The Labute approximate surface area is 116 Å². The Morgan fingerprint density at radius 1 is 1.35 bits per heavy atom. The van der Waals surface area contributed by atoms with Gasteiger partial charge < -0.3 is 14.9 Å². The average molecular weight is 270 g/mol. The number of nitrogens with one attached hydrogen (secondary N) is 1. The lowest BCUT2D eigenvalue weighted by molar-refractivity contribution is 0.273. The monoisotopic (exact) mass is 270 g/mol. The van der Waals surface area contributed by atoms with E-state index in [2.05, 4.69) is 21.5 Å². The van der Waals surface area contributed by atoms with Gasteiger partial charge in [-0.3, -0.25) is 0 Å². The van der Waals surface area contributed by atoms with Gasteiger partial charge in [0, 0.05) is 5.56 Å². The summed E-state index contributed by atoms with van der Waals surface area (Å²) in [6.45, 7) is 1.52. The van der Waals surface area contributed by atoms with Crippen LogP contribution in [-0.4, -0.2) is 28.3 Å². The second-order valence-corrected chi connectivity index (χ2v) is 4.92. The van der Waals surface area contributed by atoms with Gasteiger partial charge in [0.15, 0.2) is 0 Å². The van der Waals surface area contributed by atoms with Crippen LogP contribution in [0.2, 0.25) is 0 Å². The molecule has 2 N–H and O–H groups in total. The van der Waals surface area contributed by atoms with E-state index in [1.165, 1.54) is 0 Å². The van der Waals surface area contributed by atoms with Gasteiger partial charge in [-0.15, -0.1) is 0 Å². The first kappa shape index (κ1) is 12.6. The molecule has 0 aliphatic carbocycles. The van der Waals surface area contributed by atoms with E-state index >= 15 is 0 Å². The molecule has 1 aromatic heterocycles. The molecule has 0 amide bonds. The predicted molar refractivity (Wildman–Crippen MR) is 70.8 cm³/mol. The number of piperidine rings is 1. The molecule has 0 unspecified atom stereocenters. The van der Waals surface area contributed by atoms with Crippen molar-refractivity contribution < 1.29 is 9.63 Å². The summed E-state index contributed by atoms with van der Waals surface area (Å²) < 4.78 is 5.30. The average Bonchev–Trinajstić information content (AvgIpc) is 2.98. The molecule has 2 aromatic rings. The largest absolute Gasteiger partial charge is 0.508 e. The van der Waals surface area contributed by atoms with E-state index in [0.29, 0.717) is 30.1 Å². The van der Waals surface area contributed by atoms with Crippen molar-refractivity contribution in [3.8, 4) is 23.2 Å². The van der Waals surface area contributed by atoms with Crippen molar-refractivity contribution in [2.45, 2.75) is 18.3 Å². The molecule has 6 nitrogen and oxygen atoms in total. The van der Waals surface area contributed by atoms with E-state index in [4.69, 9.17) is 4.52 Å². The molecule has 2 heterocycles. The molecule has 102 valence electrons. The molecule has 1 aliphatic rings. The highest BCUT2D eigenvalue weighted by Gasteiger charge is 2.39. The van der Waals surface area contributed by atoms with Gasteiger partial charge >= 0.3 is 0 Å². The molecule has 0 saturated carbocycles. The zero-order valence-corrected chi connectivity index (χ0v) is 10.8. The first-order valence-corrected chi connectivity index (χ1v) is 6.49. The quantitative estimate of drug-likeness (QED) is 0.860. The van der Waals surface area contributed by atoms with Crippen LogP contribution >= 0.6 is 0 Å². The molecule has 0 spiro atoms. The van der Waals surface area contributed by atoms with Gasteiger partial charge in [-0.25, -0.2) is 0 Å². The molecule has 0 atom stereocenters. The van der Waals surface area contributed by atoms with Crippen molar-refractivity contribution >= 4 is 0 Å². The Morgan fingerprint density at radius 3 is 2.85 bits per heavy atom. The SMILES string of the molecule is N#CC1(c2nc(-c3cccc(O)c3)no2)CCNCC1. The van der Waals surface area contributed by atoms with E-state index in [1.807, 2.05) is 0 Å². The van der Waals surface area contributed by atoms with E-state index < -0.39 is 5.41 Å². The molecule has 1 aromatic carbocycles. The summed E-state index contributed by atoms with van der Waals surface area (Å²) in [5.74, 6) is 0.898. The first-order chi connectivity index (χ1) is 9.73. The molecule has 1 aliphatic heterocycles. The van der Waals surface area contributed by atoms with E-state index in [0.717, 1.165) is 13.1 Å². The summed E-state index contributed by atoms with van der Waals surface area (Å²) >= 11 is 0. The molecule has 3 rings (SSSR count). The Bertz CT molecular complexity index is 653. The van der Waals surface area contributed by atoms with Crippen molar-refractivity contribution in [3.63, 3.8) is 0 Å². The number of phenols is 1.